The van der Waals surface area contributed by atoms with Gasteiger partial charge in [0.05, 0.1) is 17.0 Å². The molecule has 0 saturated carbocycles. The van der Waals surface area contributed by atoms with Crippen LogP contribution in [0.1, 0.15) is 15.9 Å². The molecular weight excluding hydrogens is 294 g/mol. The second kappa shape index (κ2) is 6.10. The molecule has 0 spiro atoms. The summed E-state index contributed by atoms with van der Waals surface area (Å²) >= 11 is 0. The Hall–Kier alpha value is -1.48. The van der Waals surface area contributed by atoms with Crippen molar-refractivity contribution in [1.82, 2.24) is 10.0 Å². The number of nitrogens with two attached hydrogens (primary N) is 1. The maximum absolute atomic E-state index is 12.4. The Morgan fingerprint density at radius 2 is 2.14 bits per heavy atom. The van der Waals surface area contributed by atoms with E-state index in [1.54, 1.807) is 13.0 Å². The largest absolute Gasteiger partial charge is 0.378 e. The van der Waals surface area contributed by atoms with Gasteiger partial charge in [-0.1, -0.05) is 6.07 Å². The second-order valence-electron chi connectivity index (χ2n) is 5.00. The molecule has 116 valence electrons. The molecule has 1 amide bonds. The minimum absolute atomic E-state index is 0.0173. The standard InChI is InChI=1S/C13H19N3O4S/c1-8-3-4-9(5-10(8)13(14)17)21(18,19)16-11-6-15-7-12(11)20-2/h3-5,11-12,15-16H,6-7H2,1-2H3,(H2,14,17)/t11?,12-/m0/s1. The number of rotatable bonds is 5. The summed E-state index contributed by atoms with van der Waals surface area (Å²) in [5.41, 5.74) is 6.09. The van der Waals surface area contributed by atoms with Gasteiger partial charge >= 0.3 is 0 Å². The fourth-order valence-corrected chi connectivity index (χ4v) is 3.61. The maximum atomic E-state index is 12.4. The van der Waals surface area contributed by atoms with Gasteiger partial charge in [0.1, 0.15) is 0 Å². The average molecular weight is 313 g/mol. The van der Waals surface area contributed by atoms with Crippen molar-refractivity contribution >= 4 is 15.9 Å². The van der Waals surface area contributed by atoms with E-state index in [0.717, 1.165) is 0 Å². The number of sulfonamides is 1. The zero-order valence-electron chi connectivity index (χ0n) is 11.9. The highest BCUT2D eigenvalue weighted by atomic mass is 32.2. The third kappa shape index (κ3) is 3.41. The van der Waals surface area contributed by atoms with Gasteiger partial charge in [-0.25, -0.2) is 13.1 Å². The summed E-state index contributed by atoms with van der Waals surface area (Å²) in [5.74, 6) is -0.651. The number of aryl methyl sites for hydroxylation is 1. The molecule has 1 aliphatic heterocycles. The number of amides is 1. The minimum atomic E-state index is -3.74. The highest BCUT2D eigenvalue weighted by molar-refractivity contribution is 7.89. The van der Waals surface area contributed by atoms with Gasteiger partial charge in [0.15, 0.2) is 0 Å². The molecule has 1 aromatic carbocycles. The van der Waals surface area contributed by atoms with E-state index in [2.05, 4.69) is 10.0 Å². The summed E-state index contributed by atoms with van der Waals surface area (Å²) in [5, 5.41) is 3.06. The van der Waals surface area contributed by atoms with Crippen molar-refractivity contribution in [1.29, 1.82) is 0 Å². The number of primary amides is 1. The molecule has 8 heteroatoms. The van der Waals surface area contributed by atoms with Gasteiger partial charge < -0.3 is 15.8 Å². The monoisotopic (exact) mass is 313 g/mol. The quantitative estimate of drug-likeness (QED) is 0.669. The van der Waals surface area contributed by atoms with Crippen molar-refractivity contribution in [2.45, 2.75) is 24.0 Å². The molecule has 2 rings (SSSR count). The minimum Gasteiger partial charge on any atom is -0.378 e. The van der Waals surface area contributed by atoms with Crippen molar-refractivity contribution in [3.05, 3.63) is 29.3 Å². The molecule has 4 N–H and O–H groups in total. The number of nitrogens with one attached hydrogen (secondary N) is 2. The fraction of sp³-hybridized carbons (Fsp3) is 0.462. The van der Waals surface area contributed by atoms with Crippen LogP contribution in [0, 0.1) is 6.92 Å². The van der Waals surface area contributed by atoms with Crippen LogP contribution in [0.15, 0.2) is 23.1 Å². The molecule has 1 saturated heterocycles. The Kier molecular flexibility index (Phi) is 4.62. The Balaban J connectivity index is 2.27. The molecule has 0 aromatic heterocycles. The first kappa shape index (κ1) is 15.9. The van der Waals surface area contributed by atoms with E-state index in [-0.39, 0.29) is 22.6 Å². The van der Waals surface area contributed by atoms with Crippen molar-refractivity contribution in [2.24, 2.45) is 5.73 Å². The molecule has 1 aromatic rings. The van der Waals surface area contributed by atoms with E-state index in [9.17, 15) is 13.2 Å². The van der Waals surface area contributed by atoms with Crippen molar-refractivity contribution in [3.63, 3.8) is 0 Å². The lowest BCUT2D eigenvalue weighted by atomic mass is 10.1. The van der Waals surface area contributed by atoms with Gasteiger partial charge in [0.25, 0.3) is 0 Å². The number of methoxy groups -OCH3 is 1. The molecular formula is C13H19N3O4S. The Labute approximate surface area is 123 Å². The number of hydrogen-bond acceptors (Lipinski definition) is 5. The van der Waals surface area contributed by atoms with Crippen LogP contribution in [0.25, 0.3) is 0 Å². The lowest BCUT2D eigenvalue weighted by Gasteiger charge is -2.19. The van der Waals surface area contributed by atoms with Gasteiger partial charge in [-0.2, -0.15) is 0 Å². The third-order valence-electron chi connectivity index (χ3n) is 3.55. The van der Waals surface area contributed by atoms with Gasteiger partial charge in [0.2, 0.25) is 15.9 Å². The number of benzene rings is 1. The number of hydrogen-bond donors (Lipinski definition) is 3. The predicted octanol–water partition coefficient (Wildman–Crippen LogP) is -0.641. The van der Waals surface area contributed by atoms with Crippen LogP contribution < -0.4 is 15.8 Å². The zero-order valence-corrected chi connectivity index (χ0v) is 12.7. The van der Waals surface area contributed by atoms with Gasteiger partial charge in [-0.15, -0.1) is 0 Å². The van der Waals surface area contributed by atoms with Crippen LogP contribution in [-0.2, 0) is 14.8 Å². The van der Waals surface area contributed by atoms with Gasteiger partial charge in [-0.3, -0.25) is 4.79 Å². The summed E-state index contributed by atoms with van der Waals surface area (Å²) < 4.78 is 32.6. The maximum Gasteiger partial charge on any atom is 0.249 e. The van der Waals surface area contributed by atoms with E-state index in [1.807, 2.05) is 0 Å². The van der Waals surface area contributed by atoms with Crippen LogP contribution in [-0.4, -0.2) is 46.7 Å². The Morgan fingerprint density at radius 3 is 2.76 bits per heavy atom. The molecule has 1 aliphatic rings. The van der Waals surface area contributed by atoms with E-state index in [1.165, 1.54) is 19.2 Å². The summed E-state index contributed by atoms with van der Waals surface area (Å²) in [6.07, 6.45) is -0.221. The highest BCUT2D eigenvalue weighted by Crippen LogP contribution is 2.17. The molecule has 0 bridgehead atoms. The fourth-order valence-electron chi connectivity index (χ4n) is 2.32. The van der Waals surface area contributed by atoms with Crippen molar-refractivity contribution < 1.29 is 17.9 Å². The predicted molar refractivity (Wildman–Crippen MR) is 77.5 cm³/mol. The molecule has 1 fully saturated rings. The van der Waals surface area contributed by atoms with E-state index >= 15 is 0 Å². The van der Waals surface area contributed by atoms with Crippen molar-refractivity contribution in [3.8, 4) is 0 Å². The lowest BCUT2D eigenvalue weighted by Crippen LogP contribution is -2.43. The second-order valence-corrected chi connectivity index (χ2v) is 6.72. The first-order valence-corrected chi connectivity index (χ1v) is 8.00. The number of ether oxygens (including phenoxy) is 1. The smallest absolute Gasteiger partial charge is 0.249 e. The van der Waals surface area contributed by atoms with Crippen LogP contribution in [0.3, 0.4) is 0 Å². The lowest BCUT2D eigenvalue weighted by molar-refractivity contribution is 0.0999. The topological polar surface area (TPSA) is 111 Å². The first-order valence-electron chi connectivity index (χ1n) is 6.51. The zero-order chi connectivity index (χ0) is 15.6. The third-order valence-corrected chi connectivity index (χ3v) is 5.04. The van der Waals surface area contributed by atoms with Crippen LogP contribution >= 0.6 is 0 Å². The Morgan fingerprint density at radius 1 is 1.43 bits per heavy atom. The van der Waals surface area contributed by atoms with E-state index in [4.69, 9.17) is 10.5 Å². The summed E-state index contributed by atoms with van der Waals surface area (Å²) in [7, 11) is -2.20. The highest BCUT2D eigenvalue weighted by Gasteiger charge is 2.31. The molecule has 1 unspecified atom stereocenters. The van der Waals surface area contributed by atoms with Crippen LogP contribution in [0.2, 0.25) is 0 Å². The summed E-state index contributed by atoms with van der Waals surface area (Å²) in [6, 6.07) is 3.96. The number of carbonyl (C=O) groups excluding carboxylic acids is 1. The van der Waals surface area contributed by atoms with E-state index in [0.29, 0.717) is 18.7 Å². The molecule has 7 nitrogen and oxygen atoms in total. The normalized spacial score (nSPS) is 22.4. The number of carbonyl (C=O) groups is 1. The average Bonchev–Trinajstić information content (AvgIpc) is 2.85. The molecule has 1 heterocycles. The first-order chi connectivity index (χ1) is 9.85. The van der Waals surface area contributed by atoms with Crippen LogP contribution in [0.5, 0.6) is 0 Å². The summed E-state index contributed by atoms with van der Waals surface area (Å²) in [6.45, 7) is 2.78. The molecule has 0 radical (unpaired) electrons. The van der Waals surface area contributed by atoms with E-state index < -0.39 is 15.9 Å². The SMILES string of the molecule is CO[C@H]1CNCC1NS(=O)(=O)c1ccc(C)c(C(N)=O)c1. The van der Waals surface area contributed by atoms with Crippen LogP contribution in [0.4, 0.5) is 0 Å². The van der Waals surface area contributed by atoms with Gasteiger partial charge in [0, 0.05) is 25.8 Å². The van der Waals surface area contributed by atoms with Crippen molar-refractivity contribution in [2.75, 3.05) is 20.2 Å². The molecule has 21 heavy (non-hydrogen) atoms. The van der Waals surface area contributed by atoms with Gasteiger partial charge in [-0.05, 0) is 24.6 Å². The Bertz CT molecular complexity index is 645. The molecule has 0 aliphatic carbocycles. The summed E-state index contributed by atoms with van der Waals surface area (Å²) in [4.78, 5) is 11.3. The molecule has 2 atom stereocenters.